The Morgan fingerprint density at radius 2 is 2.06 bits per heavy atom. The van der Waals surface area contributed by atoms with Gasteiger partial charge in [0.05, 0.1) is 6.10 Å². The van der Waals surface area contributed by atoms with Gasteiger partial charge in [0.2, 0.25) is 0 Å². The molecule has 1 aliphatic rings. The molecule has 0 bridgehead atoms. The van der Waals surface area contributed by atoms with Crippen LogP contribution >= 0.6 is 0 Å². The van der Waals surface area contributed by atoms with Crippen LogP contribution in [0.5, 0.6) is 5.75 Å². The Morgan fingerprint density at radius 1 is 1.31 bits per heavy atom. The lowest BCUT2D eigenvalue weighted by Gasteiger charge is -2.15. The summed E-state index contributed by atoms with van der Waals surface area (Å²) < 4.78 is 6.01. The first-order chi connectivity index (χ1) is 7.79. The van der Waals surface area contributed by atoms with E-state index in [0.29, 0.717) is 12.0 Å². The minimum absolute atomic E-state index is 0.465. The standard InChI is InChI=1S/C15H22O/c1-3-12(2)13-7-6-10-15(11-13)16-14-8-4-5-9-14/h6-7,10-12,14H,3-5,8-9H2,1-2H3. The van der Waals surface area contributed by atoms with Gasteiger partial charge in [-0.2, -0.15) is 0 Å². The molecule has 16 heavy (non-hydrogen) atoms. The predicted octanol–water partition coefficient (Wildman–Crippen LogP) is 4.52. The van der Waals surface area contributed by atoms with E-state index in [-0.39, 0.29) is 0 Å². The fraction of sp³-hybridized carbons (Fsp3) is 0.600. The number of benzene rings is 1. The molecule has 0 saturated heterocycles. The summed E-state index contributed by atoms with van der Waals surface area (Å²) in [5.74, 6) is 1.69. The first kappa shape index (κ1) is 11.5. The molecule has 0 radical (unpaired) electrons. The van der Waals surface area contributed by atoms with Gasteiger partial charge in [0, 0.05) is 0 Å². The maximum absolute atomic E-state index is 6.01. The molecule has 0 aliphatic heterocycles. The Bertz CT molecular complexity index is 326. The lowest BCUT2D eigenvalue weighted by Crippen LogP contribution is -2.10. The number of hydrogen-bond donors (Lipinski definition) is 0. The molecule has 0 aromatic heterocycles. The van der Waals surface area contributed by atoms with Gasteiger partial charge in [-0.05, 0) is 55.7 Å². The second kappa shape index (κ2) is 5.38. The predicted molar refractivity (Wildman–Crippen MR) is 68.0 cm³/mol. The fourth-order valence-corrected chi connectivity index (χ4v) is 2.33. The van der Waals surface area contributed by atoms with Gasteiger partial charge in [0.25, 0.3) is 0 Å². The average Bonchev–Trinajstić information content (AvgIpc) is 2.81. The summed E-state index contributed by atoms with van der Waals surface area (Å²) in [6.45, 7) is 4.50. The van der Waals surface area contributed by atoms with Gasteiger partial charge in [-0.15, -0.1) is 0 Å². The van der Waals surface area contributed by atoms with Crippen LogP contribution in [0.2, 0.25) is 0 Å². The minimum atomic E-state index is 0.465. The molecular formula is C15H22O. The van der Waals surface area contributed by atoms with Gasteiger partial charge < -0.3 is 4.74 Å². The van der Waals surface area contributed by atoms with Crippen molar-refractivity contribution in [2.45, 2.75) is 58.0 Å². The third-order valence-corrected chi connectivity index (χ3v) is 3.64. The van der Waals surface area contributed by atoms with Gasteiger partial charge in [0.1, 0.15) is 5.75 Å². The Morgan fingerprint density at radius 3 is 2.75 bits per heavy atom. The number of hydrogen-bond acceptors (Lipinski definition) is 1. The van der Waals surface area contributed by atoms with E-state index in [9.17, 15) is 0 Å². The summed E-state index contributed by atoms with van der Waals surface area (Å²) in [6, 6.07) is 8.62. The Labute approximate surface area is 98.8 Å². The molecule has 1 aliphatic carbocycles. The quantitative estimate of drug-likeness (QED) is 0.722. The molecule has 1 heteroatoms. The second-order valence-corrected chi connectivity index (χ2v) is 4.91. The highest BCUT2D eigenvalue weighted by atomic mass is 16.5. The van der Waals surface area contributed by atoms with E-state index in [4.69, 9.17) is 4.74 Å². The van der Waals surface area contributed by atoms with Crippen LogP contribution < -0.4 is 4.74 Å². The van der Waals surface area contributed by atoms with Crippen LogP contribution in [0.4, 0.5) is 0 Å². The molecular weight excluding hydrogens is 196 g/mol. The minimum Gasteiger partial charge on any atom is -0.490 e. The van der Waals surface area contributed by atoms with Crippen molar-refractivity contribution in [3.8, 4) is 5.75 Å². The maximum atomic E-state index is 6.01. The van der Waals surface area contributed by atoms with E-state index >= 15 is 0 Å². The van der Waals surface area contributed by atoms with Gasteiger partial charge >= 0.3 is 0 Å². The molecule has 88 valence electrons. The molecule has 0 amide bonds. The van der Waals surface area contributed by atoms with Gasteiger partial charge in [-0.1, -0.05) is 26.0 Å². The Hall–Kier alpha value is -0.980. The molecule has 2 rings (SSSR count). The van der Waals surface area contributed by atoms with E-state index in [0.717, 1.165) is 5.75 Å². The van der Waals surface area contributed by atoms with Crippen LogP contribution in [0.3, 0.4) is 0 Å². The molecule has 1 aromatic rings. The molecule has 1 nitrogen and oxygen atoms in total. The molecule has 1 atom stereocenters. The van der Waals surface area contributed by atoms with Crippen LogP contribution in [-0.4, -0.2) is 6.10 Å². The number of rotatable bonds is 4. The normalized spacial score (nSPS) is 18.6. The Kier molecular flexibility index (Phi) is 3.87. The third kappa shape index (κ3) is 2.78. The molecule has 0 spiro atoms. The second-order valence-electron chi connectivity index (χ2n) is 4.91. The van der Waals surface area contributed by atoms with Crippen molar-refractivity contribution in [1.82, 2.24) is 0 Å². The summed E-state index contributed by atoms with van der Waals surface area (Å²) in [5, 5.41) is 0. The summed E-state index contributed by atoms with van der Waals surface area (Å²) in [6.07, 6.45) is 6.77. The molecule has 0 N–H and O–H groups in total. The van der Waals surface area contributed by atoms with Crippen LogP contribution in [0.1, 0.15) is 57.4 Å². The first-order valence-corrected chi connectivity index (χ1v) is 6.56. The highest BCUT2D eigenvalue weighted by Gasteiger charge is 2.16. The molecule has 1 aromatic carbocycles. The van der Waals surface area contributed by atoms with Gasteiger partial charge in [0.15, 0.2) is 0 Å². The SMILES string of the molecule is CCC(C)c1cccc(OC2CCCC2)c1. The largest absolute Gasteiger partial charge is 0.490 e. The topological polar surface area (TPSA) is 9.23 Å². The lowest BCUT2D eigenvalue weighted by molar-refractivity contribution is 0.210. The number of ether oxygens (including phenoxy) is 1. The van der Waals surface area contributed by atoms with Crippen molar-refractivity contribution < 1.29 is 4.74 Å². The van der Waals surface area contributed by atoms with Gasteiger partial charge in [-0.25, -0.2) is 0 Å². The van der Waals surface area contributed by atoms with E-state index in [1.807, 2.05) is 0 Å². The van der Waals surface area contributed by atoms with Crippen LogP contribution in [0, 0.1) is 0 Å². The summed E-state index contributed by atoms with van der Waals surface area (Å²) in [4.78, 5) is 0. The van der Waals surface area contributed by atoms with Crippen LogP contribution in [0.15, 0.2) is 24.3 Å². The van der Waals surface area contributed by atoms with Crippen LogP contribution in [-0.2, 0) is 0 Å². The lowest BCUT2D eigenvalue weighted by atomic mass is 9.99. The fourth-order valence-electron chi connectivity index (χ4n) is 2.33. The molecule has 1 saturated carbocycles. The Balaban J connectivity index is 2.03. The first-order valence-electron chi connectivity index (χ1n) is 6.56. The van der Waals surface area contributed by atoms with E-state index in [1.54, 1.807) is 0 Å². The molecule has 1 unspecified atom stereocenters. The van der Waals surface area contributed by atoms with Crippen LogP contribution in [0.25, 0.3) is 0 Å². The molecule has 1 fully saturated rings. The van der Waals surface area contributed by atoms with E-state index in [1.165, 1.54) is 37.7 Å². The average molecular weight is 218 g/mol. The maximum Gasteiger partial charge on any atom is 0.119 e. The zero-order valence-corrected chi connectivity index (χ0v) is 10.4. The zero-order chi connectivity index (χ0) is 11.4. The molecule has 0 heterocycles. The zero-order valence-electron chi connectivity index (χ0n) is 10.4. The van der Waals surface area contributed by atoms with Crippen molar-refractivity contribution in [2.75, 3.05) is 0 Å². The van der Waals surface area contributed by atoms with E-state index in [2.05, 4.69) is 38.1 Å². The summed E-state index contributed by atoms with van der Waals surface area (Å²) >= 11 is 0. The highest BCUT2D eigenvalue weighted by molar-refractivity contribution is 5.30. The monoisotopic (exact) mass is 218 g/mol. The van der Waals surface area contributed by atoms with Crippen molar-refractivity contribution in [2.24, 2.45) is 0 Å². The van der Waals surface area contributed by atoms with E-state index < -0.39 is 0 Å². The summed E-state index contributed by atoms with van der Waals surface area (Å²) in [5.41, 5.74) is 1.40. The third-order valence-electron chi connectivity index (χ3n) is 3.64. The smallest absolute Gasteiger partial charge is 0.119 e. The summed E-state index contributed by atoms with van der Waals surface area (Å²) in [7, 11) is 0. The van der Waals surface area contributed by atoms with Gasteiger partial charge in [-0.3, -0.25) is 0 Å². The van der Waals surface area contributed by atoms with Crippen molar-refractivity contribution in [3.05, 3.63) is 29.8 Å². The van der Waals surface area contributed by atoms with Crippen molar-refractivity contribution in [1.29, 1.82) is 0 Å². The highest BCUT2D eigenvalue weighted by Crippen LogP contribution is 2.27. The van der Waals surface area contributed by atoms with Crippen molar-refractivity contribution >= 4 is 0 Å². The van der Waals surface area contributed by atoms with Crippen molar-refractivity contribution in [3.63, 3.8) is 0 Å².